The molecule has 0 aromatic heterocycles. The lowest BCUT2D eigenvalue weighted by atomic mass is 10.1. The van der Waals surface area contributed by atoms with E-state index in [-0.39, 0.29) is 0 Å². The number of nitrogens with zero attached hydrogens (tertiary/aromatic N) is 2. The maximum absolute atomic E-state index is 13.0. The lowest BCUT2D eigenvalue weighted by Gasteiger charge is -2.35. The number of hydrogen-bond donors (Lipinski definition) is 0. The molecule has 0 atom stereocenters. The van der Waals surface area contributed by atoms with Crippen LogP contribution in [0.3, 0.4) is 0 Å². The highest BCUT2D eigenvalue weighted by molar-refractivity contribution is 9.11. The minimum atomic E-state index is -3.51. The molecule has 0 N–H and O–H groups in total. The number of anilines is 1. The first-order valence-corrected chi connectivity index (χ1v) is 11.1. The van der Waals surface area contributed by atoms with Crippen molar-refractivity contribution < 1.29 is 8.42 Å². The minimum absolute atomic E-state index is 0.307. The minimum Gasteiger partial charge on any atom is -0.369 e. The fourth-order valence-electron chi connectivity index (χ4n) is 3.13. The van der Waals surface area contributed by atoms with Crippen molar-refractivity contribution >= 4 is 47.6 Å². The number of benzene rings is 2. The molecule has 0 amide bonds. The Morgan fingerprint density at radius 1 is 0.880 bits per heavy atom. The van der Waals surface area contributed by atoms with Crippen molar-refractivity contribution in [3.8, 4) is 0 Å². The van der Waals surface area contributed by atoms with E-state index >= 15 is 0 Å². The molecule has 0 spiro atoms. The van der Waals surface area contributed by atoms with Gasteiger partial charge in [0.05, 0.1) is 4.90 Å². The number of rotatable bonds is 3. The standard InChI is InChI=1S/C18H20Br2N2O2S/c1-13-9-14(2)11-16(10-13)21-5-7-22(8-6-21)25(23,24)18-12-15(19)3-4-17(18)20/h3-4,9-12H,5-8H2,1-2H3. The molecule has 1 heterocycles. The van der Waals surface area contributed by atoms with Gasteiger partial charge in [0.2, 0.25) is 10.0 Å². The molecule has 1 fully saturated rings. The first-order chi connectivity index (χ1) is 11.8. The predicted octanol–water partition coefficient (Wildman–Crippen LogP) is 4.34. The maximum Gasteiger partial charge on any atom is 0.244 e. The Labute approximate surface area is 166 Å². The van der Waals surface area contributed by atoms with Crippen LogP contribution < -0.4 is 4.90 Å². The number of sulfonamides is 1. The van der Waals surface area contributed by atoms with Gasteiger partial charge in [-0.15, -0.1) is 0 Å². The smallest absolute Gasteiger partial charge is 0.244 e. The highest BCUT2D eigenvalue weighted by atomic mass is 79.9. The van der Waals surface area contributed by atoms with Crippen molar-refractivity contribution in [2.45, 2.75) is 18.7 Å². The fraction of sp³-hybridized carbons (Fsp3) is 0.333. The van der Waals surface area contributed by atoms with E-state index in [4.69, 9.17) is 0 Å². The number of hydrogen-bond acceptors (Lipinski definition) is 3. The molecule has 3 rings (SSSR count). The first-order valence-electron chi connectivity index (χ1n) is 8.06. The van der Waals surface area contributed by atoms with Gasteiger partial charge in [0.15, 0.2) is 0 Å². The van der Waals surface area contributed by atoms with Crippen LogP contribution in [0.2, 0.25) is 0 Å². The van der Waals surface area contributed by atoms with Crippen LogP contribution in [0, 0.1) is 13.8 Å². The molecule has 0 saturated carbocycles. The zero-order chi connectivity index (χ0) is 18.2. The Bertz CT molecular complexity index is 872. The molecule has 1 aliphatic rings. The van der Waals surface area contributed by atoms with E-state index < -0.39 is 10.0 Å². The maximum atomic E-state index is 13.0. The summed E-state index contributed by atoms with van der Waals surface area (Å²) in [5, 5.41) is 0. The molecule has 0 aliphatic carbocycles. The van der Waals surface area contributed by atoms with Crippen LogP contribution in [-0.2, 0) is 10.0 Å². The van der Waals surface area contributed by atoms with Crippen LogP contribution in [-0.4, -0.2) is 38.9 Å². The molecule has 0 radical (unpaired) electrons. The van der Waals surface area contributed by atoms with E-state index in [0.29, 0.717) is 35.5 Å². The van der Waals surface area contributed by atoms with Gasteiger partial charge in [0.1, 0.15) is 0 Å². The van der Waals surface area contributed by atoms with E-state index in [1.165, 1.54) is 11.1 Å². The molecule has 0 bridgehead atoms. The third-order valence-corrected chi connectivity index (χ3v) is 7.71. The second-order valence-electron chi connectivity index (χ2n) is 6.31. The monoisotopic (exact) mass is 486 g/mol. The summed E-state index contributed by atoms with van der Waals surface area (Å²) in [6, 6.07) is 11.7. The van der Waals surface area contributed by atoms with Crippen molar-refractivity contribution in [3.05, 3.63) is 56.5 Å². The summed E-state index contributed by atoms with van der Waals surface area (Å²) in [5.41, 5.74) is 3.62. The van der Waals surface area contributed by atoms with Crippen LogP contribution in [0.5, 0.6) is 0 Å². The summed E-state index contributed by atoms with van der Waals surface area (Å²) in [7, 11) is -3.51. The lowest BCUT2D eigenvalue weighted by Crippen LogP contribution is -2.48. The summed E-state index contributed by atoms with van der Waals surface area (Å²) < 4.78 is 28.8. The molecule has 1 aliphatic heterocycles. The van der Waals surface area contributed by atoms with Gasteiger partial charge in [-0.2, -0.15) is 4.31 Å². The van der Waals surface area contributed by atoms with Gasteiger partial charge in [0, 0.05) is 40.8 Å². The Hall–Kier alpha value is -0.890. The predicted molar refractivity (Wildman–Crippen MR) is 109 cm³/mol. The highest BCUT2D eigenvalue weighted by Gasteiger charge is 2.30. The first kappa shape index (κ1) is 18.9. The molecular formula is C18H20Br2N2O2S. The van der Waals surface area contributed by atoms with Gasteiger partial charge in [-0.3, -0.25) is 0 Å². The van der Waals surface area contributed by atoms with Crippen molar-refractivity contribution in [1.82, 2.24) is 4.31 Å². The van der Waals surface area contributed by atoms with Crippen molar-refractivity contribution in [1.29, 1.82) is 0 Å². The molecule has 4 nitrogen and oxygen atoms in total. The third-order valence-electron chi connectivity index (χ3n) is 4.32. The quantitative estimate of drug-likeness (QED) is 0.646. The van der Waals surface area contributed by atoms with Gasteiger partial charge < -0.3 is 4.90 Å². The average Bonchev–Trinajstić information content (AvgIpc) is 2.56. The Morgan fingerprint density at radius 3 is 2.08 bits per heavy atom. The summed E-state index contributed by atoms with van der Waals surface area (Å²) in [4.78, 5) is 2.56. The Morgan fingerprint density at radius 2 is 1.48 bits per heavy atom. The summed E-state index contributed by atoms with van der Waals surface area (Å²) in [5.74, 6) is 0. The van der Waals surface area contributed by atoms with E-state index in [1.807, 2.05) is 6.07 Å². The van der Waals surface area contributed by atoms with Gasteiger partial charge in [-0.1, -0.05) is 22.0 Å². The Balaban J connectivity index is 1.78. The molecular weight excluding hydrogens is 468 g/mol. The van der Waals surface area contributed by atoms with E-state index in [0.717, 1.165) is 10.2 Å². The molecule has 25 heavy (non-hydrogen) atoms. The van der Waals surface area contributed by atoms with Crippen molar-refractivity contribution in [2.24, 2.45) is 0 Å². The Kier molecular flexibility index (Phi) is 5.58. The van der Waals surface area contributed by atoms with Crippen molar-refractivity contribution in [3.63, 3.8) is 0 Å². The average molecular weight is 488 g/mol. The van der Waals surface area contributed by atoms with Crippen LogP contribution in [0.25, 0.3) is 0 Å². The van der Waals surface area contributed by atoms with E-state index in [1.54, 1.807) is 16.4 Å². The number of piperazine rings is 1. The van der Waals surface area contributed by atoms with Crippen molar-refractivity contribution in [2.75, 3.05) is 31.1 Å². The third kappa shape index (κ3) is 4.10. The largest absolute Gasteiger partial charge is 0.369 e. The molecule has 1 saturated heterocycles. The molecule has 134 valence electrons. The molecule has 2 aromatic carbocycles. The van der Waals surface area contributed by atoms with E-state index in [9.17, 15) is 8.42 Å². The van der Waals surface area contributed by atoms with Gasteiger partial charge in [0.25, 0.3) is 0 Å². The van der Waals surface area contributed by atoms with Crippen LogP contribution >= 0.6 is 31.9 Å². The molecule has 7 heteroatoms. The van der Waals surface area contributed by atoms with Crippen LogP contribution in [0.1, 0.15) is 11.1 Å². The lowest BCUT2D eigenvalue weighted by molar-refractivity contribution is 0.384. The van der Waals surface area contributed by atoms with Gasteiger partial charge in [-0.05, 0) is 71.2 Å². The second-order valence-corrected chi connectivity index (χ2v) is 9.99. The topological polar surface area (TPSA) is 40.6 Å². The summed E-state index contributed by atoms with van der Waals surface area (Å²) >= 11 is 6.71. The number of aryl methyl sites for hydroxylation is 2. The molecule has 0 unspecified atom stereocenters. The van der Waals surface area contributed by atoms with Crippen LogP contribution in [0.15, 0.2) is 50.2 Å². The molecule has 2 aromatic rings. The zero-order valence-electron chi connectivity index (χ0n) is 14.2. The van der Waals surface area contributed by atoms with Gasteiger partial charge >= 0.3 is 0 Å². The fourth-order valence-corrected chi connectivity index (χ4v) is 6.02. The van der Waals surface area contributed by atoms with E-state index in [2.05, 4.69) is 68.8 Å². The van der Waals surface area contributed by atoms with Crippen LogP contribution in [0.4, 0.5) is 5.69 Å². The summed E-state index contributed by atoms with van der Waals surface area (Å²) in [6.45, 7) is 6.51. The normalized spacial score (nSPS) is 16.2. The highest BCUT2D eigenvalue weighted by Crippen LogP contribution is 2.29. The summed E-state index contributed by atoms with van der Waals surface area (Å²) in [6.07, 6.45) is 0. The number of halogens is 2. The second kappa shape index (κ2) is 7.39. The SMILES string of the molecule is Cc1cc(C)cc(N2CCN(S(=O)(=O)c3cc(Br)ccc3Br)CC2)c1. The van der Waals surface area contributed by atoms with Gasteiger partial charge in [-0.25, -0.2) is 8.42 Å². The zero-order valence-corrected chi connectivity index (χ0v) is 18.2.